The van der Waals surface area contributed by atoms with Crippen molar-refractivity contribution in [2.24, 2.45) is 5.92 Å². The predicted octanol–water partition coefficient (Wildman–Crippen LogP) is 1.47. The van der Waals surface area contributed by atoms with E-state index < -0.39 is 0 Å². The van der Waals surface area contributed by atoms with Gasteiger partial charge in [-0.15, -0.1) is 5.10 Å². The Morgan fingerprint density at radius 3 is 2.85 bits per heavy atom. The molecule has 4 heteroatoms. The molecule has 0 spiro atoms. The van der Waals surface area contributed by atoms with Crippen molar-refractivity contribution < 1.29 is 4.74 Å². The first-order valence-electron chi connectivity index (χ1n) is 4.69. The first-order chi connectivity index (χ1) is 6.22. The molecule has 0 atom stereocenters. The number of aromatic nitrogens is 3. The maximum absolute atomic E-state index is 5.42. The standard InChI is InChI=1S/C9H17N3O/c1-4-12-5-9(10-11-12)7-13-6-8(2)3/h5,8H,4,6-7H2,1-3H3. The first kappa shape index (κ1) is 10.2. The van der Waals surface area contributed by atoms with Crippen molar-refractivity contribution in [1.29, 1.82) is 0 Å². The Morgan fingerprint density at radius 2 is 2.31 bits per heavy atom. The fourth-order valence-electron chi connectivity index (χ4n) is 0.958. The third-order valence-corrected chi connectivity index (χ3v) is 1.61. The normalized spacial score (nSPS) is 11.1. The summed E-state index contributed by atoms with van der Waals surface area (Å²) in [5.41, 5.74) is 0.905. The Labute approximate surface area is 78.9 Å². The average Bonchev–Trinajstić information content (AvgIpc) is 2.52. The molecule has 0 unspecified atom stereocenters. The second-order valence-corrected chi connectivity index (χ2v) is 3.47. The van der Waals surface area contributed by atoms with Gasteiger partial charge in [-0.2, -0.15) is 0 Å². The third-order valence-electron chi connectivity index (χ3n) is 1.61. The van der Waals surface area contributed by atoms with E-state index in [1.54, 1.807) is 4.68 Å². The zero-order chi connectivity index (χ0) is 9.68. The van der Waals surface area contributed by atoms with E-state index in [2.05, 4.69) is 24.2 Å². The molecule has 13 heavy (non-hydrogen) atoms. The van der Waals surface area contributed by atoms with Crippen molar-refractivity contribution >= 4 is 0 Å². The Balaban J connectivity index is 2.28. The molecule has 1 rings (SSSR count). The van der Waals surface area contributed by atoms with E-state index >= 15 is 0 Å². The zero-order valence-corrected chi connectivity index (χ0v) is 8.53. The second-order valence-electron chi connectivity index (χ2n) is 3.47. The minimum Gasteiger partial charge on any atom is -0.375 e. The van der Waals surface area contributed by atoms with E-state index in [9.17, 15) is 0 Å². The number of hydrogen-bond acceptors (Lipinski definition) is 3. The van der Waals surface area contributed by atoms with E-state index in [1.807, 2.05) is 13.1 Å². The van der Waals surface area contributed by atoms with Crippen molar-refractivity contribution in [2.75, 3.05) is 6.61 Å². The average molecular weight is 183 g/mol. The molecule has 0 aliphatic carbocycles. The minimum absolute atomic E-state index is 0.568. The lowest BCUT2D eigenvalue weighted by molar-refractivity contribution is 0.0947. The van der Waals surface area contributed by atoms with Crippen LogP contribution in [0.4, 0.5) is 0 Å². The lowest BCUT2D eigenvalue weighted by atomic mass is 10.2. The molecular formula is C9H17N3O. The Morgan fingerprint density at radius 1 is 1.54 bits per heavy atom. The lowest BCUT2D eigenvalue weighted by Gasteiger charge is -2.03. The van der Waals surface area contributed by atoms with Crippen LogP contribution in [0.25, 0.3) is 0 Å². The maximum atomic E-state index is 5.42. The van der Waals surface area contributed by atoms with Gasteiger partial charge in [0.05, 0.1) is 12.8 Å². The maximum Gasteiger partial charge on any atom is 0.108 e. The number of hydrogen-bond donors (Lipinski definition) is 0. The molecule has 0 aliphatic heterocycles. The van der Waals surface area contributed by atoms with E-state index in [-0.39, 0.29) is 0 Å². The smallest absolute Gasteiger partial charge is 0.108 e. The summed E-state index contributed by atoms with van der Waals surface area (Å²) in [7, 11) is 0. The van der Waals surface area contributed by atoms with Crippen LogP contribution in [0.3, 0.4) is 0 Å². The van der Waals surface area contributed by atoms with Gasteiger partial charge in [-0.05, 0) is 12.8 Å². The molecule has 4 nitrogen and oxygen atoms in total. The monoisotopic (exact) mass is 183 g/mol. The highest BCUT2D eigenvalue weighted by Gasteiger charge is 2.00. The summed E-state index contributed by atoms with van der Waals surface area (Å²) in [6, 6.07) is 0. The van der Waals surface area contributed by atoms with Crippen molar-refractivity contribution in [1.82, 2.24) is 15.0 Å². The van der Waals surface area contributed by atoms with Gasteiger partial charge in [0.2, 0.25) is 0 Å². The molecular weight excluding hydrogens is 166 g/mol. The van der Waals surface area contributed by atoms with Crippen LogP contribution in [0.2, 0.25) is 0 Å². The van der Waals surface area contributed by atoms with Crippen LogP contribution in [0.1, 0.15) is 26.5 Å². The third kappa shape index (κ3) is 3.55. The summed E-state index contributed by atoms with van der Waals surface area (Å²) in [4.78, 5) is 0. The van der Waals surface area contributed by atoms with Gasteiger partial charge in [0.15, 0.2) is 0 Å². The highest BCUT2D eigenvalue weighted by molar-refractivity contribution is 4.89. The summed E-state index contributed by atoms with van der Waals surface area (Å²) < 4.78 is 7.22. The van der Waals surface area contributed by atoms with Crippen molar-refractivity contribution in [2.45, 2.75) is 33.9 Å². The van der Waals surface area contributed by atoms with Crippen molar-refractivity contribution in [3.8, 4) is 0 Å². The van der Waals surface area contributed by atoms with Crippen LogP contribution in [-0.4, -0.2) is 21.6 Å². The Bertz CT molecular complexity index is 245. The lowest BCUT2D eigenvalue weighted by Crippen LogP contribution is -2.01. The number of aryl methyl sites for hydroxylation is 1. The molecule has 0 aromatic carbocycles. The van der Waals surface area contributed by atoms with Gasteiger partial charge >= 0.3 is 0 Å². The number of nitrogens with zero attached hydrogens (tertiary/aromatic N) is 3. The van der Waals surface area contributed by atoms with E-state index in [4.69, 9.17) is 4.74 Å². The van der Waals surface area contributed by atoms with E-state index in [1.165, 1.54) is 0 Å². The molecule has 0 saturated carbocycles. The fourth-order valence-corrected chi connectivity index (χ4v) is 0.958. The molecule has 0 saturated heterocycles. The molecule has 1 heterocycles. The SMILES string of the molecule is CCn1cc(COCC(C)C)nn1. The molecule has 1 aromatic rings. The molecule has 0 N–H and O–H groups in total. The molecule has 74 valence electrons. The van der Waals surface area contributed by atoms with Crippen LogP contribution < -0.4 is 0 Å². The van der Waals surface area contributed by atoms with Gasteiger partial charge in [0, 0.05) is 13.2 Å². The summed E-state index contributed by atoms with van der Waals surface area (Å²) in [6.07, 6.45) is 1.92. The van der Waals surface area contributed by atoms with Gasteiger partial charge in [0.25, 0.3) is 0 Å². The Kier molecular flexibility index (Phi) is 3.89. The zero-order valence-electron chi connectivity index (χ0n) is 8.53. The van der Waals surface area contributed by atoms with Crippen LogP contribution in [-0.2, 0) is 17.9 Å². The van der Waals surface area contributed by atoms with Crippen molar-refractivity contribution in [3.63, 3.8) is 0 Å². The van der Waals surface area contributed by atoms with Gasteiger partial charge < -0.3 is 4.74 Å². The molecule has 1 aromatic heterocycles. The number of ether oxygens (including phenoxy) is 1. The predicted molar refractivity (Wildman–Crippen MR) is 50.2 cm³/mol. The van der Waals surface area contributed by atoms with Crippen LogP contribution in [0.5, 0.6) is 0 Å². The quantitative estimate of drug-likeness (QED) is 0.694. The highest BCUT2D eigenvalue weighted by Crippen LogP contribution is 1.99. The van der Waals surface area contributed by atoms with Crippen molar-refractivity contribution in [3.05, 3.63) is 11.9 Å². The summed E-state index contributed by atoms with van der Waals surface area (Å²) >= 11 is 0. The molecule has 0 aliphatic rings. The van der Waals surface area contributed by atoms with Crippen LogP contribution in [0.15, 0.2) is 6.20 Å². The molecule has 0 amide bonds. The summed E-state index contributed by atoms with van der Waals surface area (Å²) in [6.45, 7) is 8.49. The summed E-state index contributed by atoms with van der Waals surface area (Å²) in [5.74, 6) is 0.571. The van der Waals surface area contributed by atoms with Crippen LogP contribution >= 0.6 is 0 Å². The fraction of sp³-hybridized carbons (Fsp3) is 0.778. The van der Waals surface area contributed by atoms with Gasteiger partial charge in [-0.3, -0.25) is 4.68 Å². The molecule has 0 radical (unpaired) electrons. The van der Waals surface area contributed by atoms with E-state index in [0.717, 1.165) is 18.8 Å². The first-order valence-corrected chi connectivity index (χ1v) is 4.69. The number of rotatable bonds is 5. The minimum atomic E-state index is 0.568. The molecule has 0 fully saturated rings. The highest BCUT2D eigenvalue weighted by atomic mass is 16.5. The van der Waals surface area contributed by atoms with Gasteiger partial charge in [0.1, 0.15) is 5.69 Å². The summed E-state index contributed by atoms with van der Waals surface area (Å²) in [5, 5.41) is 7.89. The Hall–Kier alpha value is -0.900. The molecule has 0 bridgehead atoms. The van der Waals surface area contributed by atoms with Gasteiger partial charge in [-0.25, -0.2) is 0 Å². The van der Waals surface area contributed by atoms with Crippen LogP contribution in [0, 0.1) is 5.92 Å². The second kappa shape index (κ2) is 4.97. The van der Waals surface area contributed by atoms with Gasteiger partial charge in [-0.1, -0.05) is 19.1 Å². The topological polar surface area (TPSA) is 39.9 Å². The van der Waals surface area contributed by atoms with E-state index in [0.29, 0.717) is 12.5 Å². The largest absolute Gasteiger partial charge is 0.375 e.